The Kier molecular flexibility index (Phi) is 5.32. The maximum atomic E-state index is 12.9. The van der Waals surface area contributed by atoms with E-state index in [1.165, 1.54) is 16.8 Å². The molecular formula is C22H21N7O5. The zero-order valence-corrected chi connectivity index (χ0v) is 18.2. The fourth-order valence-electron chi connectivity index (χ4n) is 3.72. The smallest absolute Gasteiger partial charge is 0.408 e. The average Bonchev–Trinajstić information content (AvgIpc) is 3.40. The standard InChI is InChI=1S/C22H21N7O5/c1-12(21(32)28-7-2-8-28)25-20(31)16-10-15(26-18-5-6-24-29(16)18)19(30)23-11-13-3-4-17-14(9-13)27-22(33)34-17/h3-6,9-10,12H,2,7-8,11H2,1H3,(H,23,30)(H,25,31)(H,27,33). The molecule has 4 aromatic rings. The Balaban J connectivity index is 1.33. The normalized spacial score (nSPS) is 14.1. The van der Waals surface area contributed by atoms with Gasteiger partial charge in [-0.25, -0.2) is 14.3 Å². The minimum atomic E-state index is -0.715. The van der Waals surface area contributed by atoms with Crippen LogP contribution in [0.4, 0.5) is 0 Å². The van der Waals surface area contributed by atoms with E-state index in [-0.39, 0.29) is 23.8 Å². The van der Waals surface area contributed by atoms with Gasteiger partial charge in [0.2, 0.25) is 5.91 Å². The molecule has 5 rings (SSSR count). The van der Waals surface area contributed by atoms with Gasteiger partial charge in [-0.3, -0.25) is 19.4 Å². The first-order valence-electron chi connectivity index (χ1n) is 10.7. The molecule has 12 nitrogen and oxygen atoms in total. The minimum Gasteiger partial charge on any atom is -0.408 e. The summed E-state index contributed by atoms with van der Waals surface area (Å²) in [6.07, 6.45) is 2.42. The van der Waals surface area contributed by atoms with Crippen molar-refractivity contribution in [1.82, 2.24) is 35.1 Å². The molecule has 1 atom stereocenters. The van der Waals surface area contributed by atoms with E-state index < -0.39 is 23.6 Å². The van der Waals surface area contributed by atoms with Crippen molar-refractivity contribution in [2.75, 3.05) is 13.1 Å². The molecule has 0 spiro atoms. The lowest BCUT2D eigenvalue weighted by molar-refractivity contribution is -0.136. The largest absolute Gasteiger partial charge is 0.417 e. The molecule has 0 radical (unpaired) electrons. The van der Waals surface area contributed by atoms with Gasteiger partial charge in [-0.2, -0.15) is 5.10 Å². The van der Waals surface area contributed by atoms with E-state index in [2.05, 4.69) is 25.7 Å². The molecule has 1 unspecified atom stereocenters. The van der Waals surface area contributed by atoms with Crippen LogP contribution in [0.25, 0.3) is 16.7 Å². The van der Waals surface area contributed by atoms with Crippen molar-refractivity contribution in [2.45, 2.75) is 25.9 Å². The Hall–Kier alpha value is -4.48. The van der Waals surface area contributed by atoms with Crippen molar-refractivity contribution in [1.29, 1.82) is 0 Å². The van der Waals surface area contributed by atoms with Gasteiger partial charge in [-0.05, 0) is 31.0 Å². The summed E-state index contributed by atoms with van der Waals surface area (Å²) in [6, 6.07) is 7.25. The van der Waals surface area contributed by atoms with Gasteiger partial charge in [0.05, 0.1) is 11.7 Å². The lowest BCUT2D eigenvalue weighted by Crippen LogP contribution is -2.52. The third-order valence-corrected chi connectivity index (χ3v) is 5.65. The van der Waals surface area contributed by atoms with Crippen molar-refractivity contribution in [3.8, 4) is 0 Å². The van der Waals surface area contributed by atoms with Crippen LogP contribution < -0.4 is 16.4 Å². The van der Waals surface area contributed by atoms with Crippen LogP contribution in [-0.4, -0.2) is 61.3 Å². The maximum Gasteiger partial charge on any atom is 0.417 e. The second kappa shape index (κ2) is 8.46. The highest BCUT2D eigenvalue weighted by Gasteiger charge is 2.27. The number of fused-ring (bicyclic) bond motifs is 2. The Bertz CT molecular complexity index is 1480. The number of amides is 3. The van der Waals surface area contributed by atoms with Crippen molar-refractivity contribution in [3.63, 3.8) is 0 Å². The van der Waals surface area contributed by atoms with E-state index in [9.17, 15) is 19.2 Å². The van der Waals surface area contributed by atoms with Gasteiger partial charge in [0.25, 0.3) is 11.8 Å². The van der Waals surface area contributed by atoms with Crippen molar-refractivity contribution < 1.29 is 18.8 Å². The topological polar surface area (TPSA) is 155 Å². The van der Waals surface area contributed by atoms with E-state index in [1.54, 1.807) is 36.1 Å². The zero-order chi connectivity index (χ0) is 23.8. The van der Waals surface area contributed by atoms with Crippen LogP contribution in [0.3, 0.4) is 0 Å². The molecule has 0 aliphatic carbocycles. The summed E-state index contributed by atoms with van der Waals surface area (Å²) in [7, 11) is 0. The summed E-state index contributed by atoms with van der Waals surface area (Å²) in [5, 5.41) is 9.54. The molecule has 1 aromatic carbocycles. The Morgan fingerprint density at radius 1 is 1.18 bits per heavy atom. The number of H-pyrrole nitrogens is 1. The number of likely N-dealkylation sites (tertiary alicyclic amines) is 1. The molecule has 34 heavy (non-hydrogen) atoms. The van der Waals surface area contributed by atoms with Crippen LogP contribution in [0, 0.1) is 0 Å². The number of aromatic amines is 1. The number of rotatable bonds is 6. The van der Waals surface area contributed by atoms with Crippen LogP contribution >= 0.6 is 0 Å². The molecule has 4 heterocycles. The van der Waals surface area contributed by atoms with E-state index in [0.717, 1.165) is 12.0 Å². The highest BCUT2D eigenvalue weighted by molar-refractivity contribution is 6.00. The summed E-state index contributed by atoms with van der Waals surface area (Å²) < 4.78 is 6.29. The summed E-state index contributed by atoms with van der Waals surface area (Å²) >= 11 is 0. The van der Waals surface area contributed by atoms with Crippen molar-refractivity contribution in [2.24, 2.45) is 0 Å². The van der Waals surface area contributed by atoms with Crippen LogP contribution in [0.2, 0.25) is 0 Å². The number of hydrogen-bond donors (Lipinski definition) is 3. The Morgan fingerprint density at radius 3 is 2.76 bits per heavy atom. The number of benzene rings is 1. The first-order valence-corrected chi connectivity index (χ1v) is 10.7. The van der Waals surface area contributed by atoms with E-state index in [1.807, 2.05) is 0 Å². The summed E-state index contributed by atoms with van der Waals surface area (Å²) in [5.41, 5.74) is 2.11. The number of nitrogens with zero attached hydrogens (tertiary/aromatic N) is 4. The SMILES string of the molecule is CC(NC(=O)c1cc(C(=O)NCc2ccc3oc(=O)[nH]c3c2)nc2ccnn12)C(=O)N1CCC1. The second-order valence-electron chi connectivity index (χ2n) is 8.03. The highest BCUT2D eigenvalue weighted by atomic mass is 16.4. The number of aromatic nitrogens is 4. The fraction of sp³-hybridized carbons (Fsp3) is 0.273. The third-order valence-electron chi connectivity index (χ3n) is 5.65. The number of carbonyl (C=O) groups is 3. The monoisotopic (exact) mass is 463 g/mol. The van der Waals surface area contributed by atoms with Gasteiger partial charge in [0.1, 0.15) is 17.4 Å². The van der Waals surface area contributed by atoms with Gasteiger partial charge >= 0.3 is 5.76 Å². The molecule has 0 saturated carbocycles. The summed E-state index contributed by atoms with van der Waals surface area (Å²) in [6.45, 7) is 3.16. The molecule has 3 amide bonds. The summed E-state index contributed by atoms with van der Waals surface area (Å²) in [4.78, 5) is 58.0. The second-order valence-corrected chi connectivity index (χ2v) is 8.03. The van der Waals surface area contributed by atoms with Gasteiger partial charge < -0.3 is 20.0 Å². The predicted molar refractivity (Wildman–Crippen MR) is 119 cm³/mol. The maximum absolute atomic E-state index is 12.9. The molecule has 1 saturated heterocycles. The van der Waals surface area contributed by atoms with Gasteiger partial charge in [-0.1, -0.05) is 6.07 Å². The quantitative estimate of drug-likeness (QED) is 0.375. The predicted octanol–water partition coefficient (Wildman–Crippen LogP) is 0.444. The number of oxazole rings is 1. The minimum absolute atomic E-state index is 0.0256. The molecule has 1 fully saturated rings. The molecule has 3 N–H and O–H groups in total. The number of nitrogens with one attached hydrogen (secondary N) is 3. The van der Waals surface area contributed by atoms with Crippen molar-refractivity contribution >= 4 is 34.5 Å². The first kappa shape index (κ1) is 21.4. The molecule has 174 valence electrons. The van der Waals surface area contributed by atoms with E-state index in [0.29, 0.717) is 29.8 Å². The van der Waals surface area contributed by atoms with Crippen LogP contribution in [0.15, 0.2) is 45.7 Å². The zero-order valence-electron chi connectivity index (χ0n) is 18.2. The highest BCUT2D eigenvalue weighted by Crippen LogP contribution is 2.13. The van der Waals surface area contributed by atoms with Crippen LogP contribution in [-0.2, 0) is 11.3 Å². The van der Waals surface area contributed by atoms with E-state index in [4.69, 9.17) is 4.42 Å². The average molecular weight is 463 g/mol. The number of hydrogen-bond acceptors (Lipinski definition) is 7. The molecule has 1 aliphatic rings. The Labute approximate surface area is 191 Å². The Morgan fingerprint density at radius 2 is 2.00 bits per heavy atom. The first-order chi connectivity index (χ1) is 16.4. The van der Waals surface area contributed by atoms with Crippen LogP contribution in [0.1, 0.15) is 39.9 Å². The molecule has 1 aliphatic heterocycles. The fourth-order valence-corrected chi connectivity index (χ4v) is 3.72. The lowest BCUT2D eigenvalue weighted by atomic mass is 10.1. The van der Waals surface area contributed by atoms with Gasteiger partial charge in [0, 0.05) is 31.8 Å². The van der Waals surface area contributed by atoms with Gasteiger partial charge in [0.15, 0.2) is 11.2 Å². The third kappa shape index (κ3) is 4.00. The molecular weight excluding hydrogens is 442 g/mol. The lowest BCUT2D eigenvalue weighted by Gasteiger charge is -2.33. The van der Waals surface area contributed by atoms with Gasteiger partial charge in [-0.15, -0.1) is 0 Å². The molecule has 12 heteroatoms. The van der Waals surface area contributed by atoms with Crippen molar-refractivity contribution in [3.05, 3.63) is 64.0 Å². The molecule has 0 bridgehead atoms. The van der Waals surface area contributed by atoms with Crippen LogP contribution in [0.5, 0.6) is 0 Å². The number of carbonyl (C=O) groups excluding carboxylic acids is 3. The molecule has 3 aromatic heterocycles. The summed E-state index contributed by atoms with van der Waals surface area (Å²) in [5.74, 6) is -1.75. The van der Waals surface area contributed by atoms with E-state index >= 15 is 0 Å².